The predicted molar refractivity (Wildman–Crippen MR) is 112 cm³/mol. The number of rotatable bonds is 5. The molecule has 146 valence electrons. The zero-order chi connectivity index (χ0) is 19.5. The first-order chi connectivity index (χ1) is 13.6. The number of nitrogen functional groups attached to an aromatic ring is 1. The van der Waals surface area contributed by atoms with Crippen LogP contribution in [0.4, 0.5) is 11.8 Å². The Morgan fingerprint density at radius 2 is 1.96 bits per heavy atom. The van der Waals surface area contributed by atoms with E-state index in [1.807, 2.05) is 30.3 Å². The monoisotopic (exact) mass is 378 g/mol. The second-order valence-corrected chi connectivity index (χ2v) is 7.36. The maximum absolute atomic E-state index is 6.18. The summed E-state index contributed by atoms with van der Waals surface area (Å²) in [6.45, 7) is 2.71. The van der Waals surface area contributed by atoms with Crippen LogP contribution in [-0.2, 0) is 11.3 Å². The van der Waals surface area contributed by atoms with Gasteiger partial charge in [-0.3, -0.25) is 0 Å². The summed E-state index contributed by atoms with van der Waals surface area (Å²) in [5.74, 6) is 1.00. The van der Waals surface area contributed by atoms with Crippen LogP contribution in [0.2, 0.25) is 0 Å². The Hall–Kier alpha value is -2.77. The lowest BCUT2D eigenvalue weighted by molar-refractivity contribution is 0.185. The zero-order valence-electron chi connectivity index (χ0n) is 16.4. The number of anilines is 2. The van der Waals surface area contributed by atoms with Gasteiger partial charge in [0.15, 0.2) is 5.65 Å². The number of pyridine rings is 1. The summed E-state index contributed by atoms with van der Waals surface area (Å²) in [6.07, 6.45) is 2.13. The van der Waals surface area contributed by atoms with Crippen molar-refractivity contribution in [3.63, 3.8) is 0 Å². The molecule has 0 spiro atoms. The summed E-state index contributed by atoms with van der Waals surface area (Å²) < 4.78 is 5.23. The van der Waals surface area contributed by atoms with Gasteiger partial charge in [0.1, 0.15) is 5.82 Å². The molecular formula is C21H26N6O. The molecule has 4 rings (SSSR count). The lowest BCUT2D eigenvalue weighted by Crippen LogP contribution is -2.37. The predicted octanol–water partition coefficient (Wildman–Crippen LogP) is 2.93. The first-order valence-corrected chi connectivity index (χ1v) is 9.60. The fourth-order valence-electron chi connectivity index (χ4n) is 3.58. The number of nitrogens with two attached hydrogens (primary N) is 1. The number of likely N-dealkylation sites (tertiary alicyclic amines) is 1. The molecule has 0 aliphatic carbocycles. The molecule has 3 heterocycles. The number of piperidine rings is 1. The van der Waals surface area contributed by atoms with Gasteiger partial charge in [-0.25, -0.2) is 4.98 Å². The molecule has 3 aromatic rings. The molecule has 28 heavy (non-hydrogen) atoms. The molecule has 0 unspecified atom stereocenters. The Morgan fingerprint density at radius 1 is 1.14 bits per heavy atom. The Morgan fingerprint density at radius 3 is 2.75 bits per heavy atom. The van der Waals surface area contributed by atoms with Gasteiger partial charge >= 0.3 is 0 Å². The van der Waals surface area contributed by atoms with Crippen LogP contribution in [0.25, 0.3) is 22.3 Å². The van der Waals surface area contributed by atoms with Crippen LogP contribution in [0.1, 0.15) is 18.4 Å². The van der Waals surface area contributed by atoms with Crippen LogP contribution >= 0.6 is 0 Å². The minimum atomic E-state index is 0.363. The highest BCUT2D eigenvalue weighted by Gasteiger charge is 2.18. The molecule has 7 nitrogen and oxygen atoms in total. The van der Waals surface area contributed by atoms with Crippen LogP contribution in [0.5, 0.6) is 0 Å². The van der Waals surface area contributed by atoms with Crippen molar-refractivity contribution in [2.75, 3.05) is 38.3 Å². The van der Waals surface area contributed by atoms with Gasteiger partial charge in [-0.05, 0) is 56.7 Å². The molecule has 7 heteroatoms. The van der Waals surface area contributed by atoms with Gasteiger partial charge in [0, 0.05) is 18.7 Å². The highest BCUT2D eigenvalue weighted by Crippen LogP contribution is 2.25. The second kappa shape index (κ2) is 8.08. The molecule has 2 aromatic heterocycles. The van der Waals surface area contributed by atoms with E-state index in [1.54, 1.807) is 7.11 Å². The summed E-state index contributed by atoms with van der Waals surface area (Å²) in [5, 5.41) is 4.20. The molecule has 1 aliphatic rings. The average Bonchev–Trinajstić information content (AvgIpc) is 2.70. The van der Waals surface area contributed by atoms with Crippen molar-refractivity contribution in [1.29, 1.82) is 0 Å². The number of hydrogen-bond acceptors (Lipinski definition) is 7. The smallest absolute Gasteiger partial charge is 0.226 e. The summed E-state index contributed by atoms with van der Waals surface area (Å²) in [5.41, 5.74) is 9.78. The standard InChI is InChI=1S/C21H26N6O/c1-27-10-8-16(9-11-27)23-21-25-19(22)17-6-7-18(24-20(17)26-21)15-5-3-4-14(12-15)13-28-2/h3-7,12,16H,8-11,13H2,1-2H3,(H3,22,23,24,25,26). The van der Waals surface area contributed by atoms with E-state index < -0.39 is 0 Å². The number of nitrogens with zero attached hydrogens (tertiary/aromatic N) is 4. The first kappa shape index (κ1) is 18.6. The number of hydrogen-bond donors (Lipinski definition) is 2. The van der Waals surface area contributed by atoms with Crippen molar-refractivity contribution in [3.05, 3.63) is 42.0 Å². The molecule has 1 saturated heterocycles. The largest absolute Gasteiger partial charge is 0.383 e. The lowest BCUT2D eigenvalue weighted by Gasteiger charge is -2.29. The Labute approximate surface area is 165 Å². The van der Waals surface area contributed by atoms with Crippen LogP contribution in [0.3, 0.4) is 0 Å². The third-order valence-electron chi connectivity index (χ3n) is 5.17. The molecule has 0 atom stereocenters. The maximum Gasteiger partial charge on any atom is 0.226 e. The molecule has 0 bridgehead atoms. The lowest BCUT2D eigenvalue weighted by atomic mass is 10.1. The van der Waals surface area contributed by atoms with Gasteiger partial charge < -0.3 is 20.7 Å². The molecule has 1 aliphatic heterocycles. The average molecular weight is 378 g/mol. The minimum Gasteiger partial charge on any atom is -0.383 e. The van der Waals surface area contributed by atoms with E-state index in [2.05, 4.69) is 33.3 Å². The highest BCUT2D eigenvalue weighted by molar-refractivity contribution is 5.88. The second-order valence-electron chi connectivity index (χ2n) is 7.36. The molecular weight excluding hydrogens is 352 g/mol. The maximum atomic E-state index is 6.18. The third-order valence-corrected chi connectivity index (χ3v) is 5.17. The van der Waals surface area contributed by atoms with E-state index in [1.165, 1.54) is 0 Å². The van der Waals surface area contributed by atoms with Gasteiger partial charge in [-0.15, -0.1) is 0 Å². The quantitative estimate of drug-likeness (QED) is 0.705. The Kier molecular flexibility index (Phi) is 5.36. The number of methoxy groups -OCH3 is 1. The van der Waals surface area contributed by atoms with Gasteiger partial charge in [-0.1, -0.05) is 18.2 Å². The van der Waals surface area contributed by atoms with Crippen LogP contribution in [-0.4, -0.2) is 53.1 Å². The van der Waals surface area contributed by atoms with E-state index in [0.29, 0.717) is 30.1 Å². The van der Waals surface area contributed by atoms with E-state index in [-0.39, 0.29) is 0 Å². The van der Waals surface area contributed by atoms with Crippen molar-refractivity contribution in [2.45, 2.75) is 25.5 Å². The van der Waals surface area contributed by atoms with Crippen molar-refractivity contribution < 1.29 is 4.74 Å². The van der Waals surface area contributed by atoms with E-state index in [0.717, 1.165) is 48.1 Å². The Balaban J connectivity index is 1.63. The van der Waals surface area contributed by atoms with E-state index >= 15 is 0 Å². The number of nitrogens with one attached hydrogen (secondary N) is 1. The van der Waals surface area contributed by atoms with Crippen molar-refractivity contribution in [3.8, 4) is 11.3 Å². The highest BCUT2D eigenvalue weighted by atomic mass is 16.5. The number of benzene rings is 1. The van der Waals surface area contributed by atoms with E-state index in [9.17, 15) is 0 Å². The van der Waals surface area contributed by atoms with Gasteiger partial charge in [-0.2, -0.15) is 9.97 Å². The van der Waals surface area contributed by atoms with Crippen molar-refractivity contribution in [1.82, 2.24) is 19.9 Å². The third kappa shape index (κ3) is 4.05. The van der Waals surface area contributed by atoms with Gasteiger partial charge in [0.25, 0.3) is 0 Å². The fourth-order valence-corrected chi connectivity index (χ4v) is 3.58. The van der Waals surface area contributed by atoms with Crippen LogP contribution in [0.15, 0.2) is 36.4 Å². The van der Waals surface area contributed by atoms with Crippen molar-refractivity contribution in [2.24, 2.45) is 0 Å². The summed E-state index contributed by atoms with van der Waals surface area (Å²) >= 11 is 0. The molecule has 0 radical (unpaired) electrons. The van der Waals surface area contributed by atoms with Crippen molar-refractivity contribution >= 4 is 22.8 Å². The topological polar surface area (TPSA) is 89.2 Å². The molecule has 1 aromatic carbocycles. The fraction of sp³-hybridized carbons (Fsp3) is 0.381. The zero-order valence-corrected chi connectivity index (χ0v) is 16.4. The summed E-state index contributed by atoms with van der Waals surface area (Å²) in [6, 6.07) is 12.4. The summed E-state index contributed by atoms with van der Waals surface area (Å²) in [7, 11) is 3.84. The molecule has 0 saturated carbocycles. The molecule has 3 N–H and O–H groups in total. The number of aromatic nitrogens is 3. The molecule has 0 amide bonds. The van der Waals surface area contributed by atoms with Crippen LogP contribution in [0, 0.1) is 0 Å². The van der Waals surface area contributed by atoms with Gasteiger partial charge in [0.2, 0.25) is 5.95 Å². The number of ether oxygens (including phenoxy) is 1. The minimum absolute atomic E-state index is 0.363. The normalized spacial score (nSPS) is 15.8. The first-order valence-electron chi connectivity index (χ1n) is 9.60. The molecule has 1 fully saturated rings. The van der Waals surface area contributed by atoms with E-state index in [4.69, 9.17) is 15.5 Å². The SMILES string of the molecule is COCc1cccc(-c2ccc3c(N)nc(NC4CCN(C)CC4)nc3n2)c1. The van der Waals surface area contributed by atoms with Gasteiger partial charge in [0.05, 0.1) is 17.7 Å². The Bertz CT molecular complexity index is 968. The van der Waals surface area contributed by atoms with Crippen LogP contribution < -0.4 is 11.1 Å². The number of fused-ring (bicyclic) bond motifs is 1. The summed E-state index contributed by atoms with van der Waals surface area (Å²) in [4.78, 5) is 16.2.